The summed E-state index contributed by atoms with van der Waals surface area (Å²) in [5, 5.41) is 1.23. The highest BCUT2D eigenvalue weighted by Crippen LogP contribution is 2.22. The monoisotopic (exact) mass is 210 g/mol. The van der Waals surface area contributed by atoms with Crippen molar-refractivity contribution in [3.05, 3.63) is 28.6 Å². The number of rotatable bonds is 0. The zero-order valence-corrected chi connectivity index (χ0v) is 7.64. The number of aromatic amines is 1. The van der Waals surface area contributed by atoms with Gasteiger partial charge in [-0.1, -0.05) is 0 Å². The molecule has 1 N–H and O–H groups in total. The molecule has 0 bridgehead atoms. The van der Waals surface area contributed by atoms with Gasteiger partial charge < -0.3 is 4.98 Å². The van der Waals surface area contributed by atoms with Crippen LogP contribution in [0.2, 0.25) is 0 Å². The average Bonchev–Trinajstić information content (AvgIpc) is 2.45. The van der Waals surface area contributed by atoms with Gasteiger partial charge >= 0.3 is 0 Å². The number of aromatic nitrogens is 2. The molecule has 2 aromatic rings. The summed E-state index contributed by atoms with van der Waals surface area (Å²) in [6, 6.07) is 2.05. The van der Waals surface area contributed by atoms with E-state index in [1.165, 1.54) is 10.9 Å². The molecule has 0 fully saturated rings. The fourth-order valence-corrected chi connectivity index (χ4v) is 1.59. The maximum Gasteiger partial charge on any atom is 0.130 e. The molecule has 0 aliphatic rings. The Morgan fingerprint density at radius 2 is 2.36 bits per heavy atom. The first-order valence-electron chi connectivity index (χ1n) is 3.37. The van der Waals surface area contributed by atoms with Crippen molar-refractivity contribution in [2.75, 3.05) is 0 Å². The predicted octanol–water partition coefficient (Wildman–Crippen LogP) is 2.63. The van der Waals surface area contributed by atoms with Crippen LogP contribution in [0.4, 0.5) is 0 Å². The molecule has 0 unspecified atom stereocenters. The number of hydrogen-bond acceptors (Lipinski definition) is 1. The number of nitrogens with zero attached hydrogens (tertiary/aromatic N) is 1. The zero-order chi connectivity index (χ0) is 7.84. The van der Waals surface area contributed by atoms with Gasteiger partial charge in [-0.3, -0.25) is 0 Å². The standard InChI is InChI=1S/C8H7BrN2/c1-5-4-11-8(9)7-6(5)2-3-10-7/h2-4,10H,1H3. The van der Waals surface area contributed by atoms with Crippen molar-refractivity contribution in [3.8, 4) is 0 Å². The molecule has 0 aliphatic carbocycles. The first-order valence-corrected chi connectivity index (χ1v) is 4.16. The SMILES string of the molecule is Cc1cnc(Br)c2[nH]ccc12. The van der Waals surface area contributed by atoms with E-state index in [9.17, 15) is 0 Å². The van der Waals surface area contributed by atoms with Crippen molar-refractivity contribution in [2.45, 2.75) is 6.92 Å². The summed E-state index contributed by atoms with van der Waals surface area (Å²) in [5.74, 6) is 0. The molecule has 3 heteroatoms. The molecule has 56 valence electrons. The van der Waals surface area contributed by atoms with Crippen LogP contribution >= 0.6 is 15.9 Å². The van der Waals surface area contributed by atoms with E-state index in [0.717, 1.165) is 10.1 Å². The van der Waals surface area contributed by atoms with Crippen LogP contribution < -0.4 is 0 Å². The van der Waals surface area contributed by atoms with Crippen LogP contribution in [0.15, 0.2) is 23.1 Å². The van der Waals surface area contributed by atoms with Gasteiger partial charge in [0.05, 0.1) is 5.52 Å². The number of fused-ring (bicyclic) bond motifs is 1. The van der Waals surface area contributed by atoms with Crippen molar-refractivity contribution >= 4 is 26.8 Å². The van der Waals surface area contributed by atoms with Crippen molar-refractivity contribution in [1.29, 1.82) is 0 Å². The average molecular weight is 211 g/mol. The van der Waals surface area contributed by atoms with Gasteiger partial charge in [0, 0.05) is 17.8 Å². The summed E-state index contributed by atoms with van der Waals surface area (Å²) in [5.41, 5.74) is 2.27. The lowest BCUT2D eigenvalue weighted by molar-refractivity contribution is 1.26. The first kappa shape index (κ1) is 6.85. The maximum absolute atomic E-state index is 4.16. The Kier molecular flexibility index (Phi) is 1.46. The summed E-state index contributed by atoms with van der Waals surface area (Å²) in [6.07, 6.45) is 3.78. The van der Waals surface area contributed by atoms with Crippen LogP contribution in [0, 0.1) is 6.92 Å². The number of nitrogens with one attached hydrogen (secondary N) is 1. The first-order chi connectivity index (χ1) is 5.29. The van der Waals surface area contributed by atoms with Crippen molar-refractivity contribution in [1.82, 2.24) is 9.97 Å². The predicted molar refractivity (Wildman–Crippen MR) is 48.5 cm³/mol. The highest BCUT2D eigenvalue weighted by molar-refractivity contribution is 9.10. The van der Waals surface area contributed by atoms with Gasteiger partial charge in [0.2, 0.25) is 0 Å². The number of H-pyrrole nitrogens is 1. The number of hydrogen-bond donors (Lipinski definition) is 1. The molecule has 0 saturated carbocycles. The van der Waals surface area contributed by atoms with Gasteiger partial charge in [-0.05, 0) is 34.5 Å². The third kappa shape index (κ3) is 0.959. The Hall–Kier alpha value is -0.830. The largest absolute Gasteiger partial charge is 0.359 e. The number of aryl methyl sites for hydroxylation is 1. The molecule has 2 rings (SSSR count). The van der Waals surface area contributed by atoms with E-state index in [4.69, 9.17) is 0 Å². The summed E-state index contributed by atoms with van der Waals surface area (Å²) in [4.78, 5) is 7.28. The minimum Gasteiger partial charge on any atom is -0.359 e. The molecule has 0 radical (unpaired) electrons. The molecule has 2 aromatic heterocycles. The van der Waals surface area contributed by atoms with Crippen molar-refractivity contribution < 1.29 is 0 Å². The molecular formula is C8H7BrN2. The lowest BCUT2D eigenvalue weighted by atomic mass is 10.2. The highest BCUT2D eigenvalue weighted by Gasteiger charge is 2.01. The van der Waals surface area contributed by atoms with Gasteiger partial charge in [0.25, 0.3) is 0 Å². The quantitative estimate of drug-likeness (QED) is 0.666. The molecule has 2 nitrogen and oxygen atoms in total. The second-order valence-corrected chi connectivity index (χ2v) is 3.25. The second kappa shape index (κ2) is 2.34. The summed E-state index contributed by atoms with van der Waals surface area (Å²) >= 11 is 3.37. The van der Waals surface area contributed by atoms with Crippen LogP contribution in [-0.2, 0) is 0 Å². The molecule has 0 aliphatic heterocycles. The van der Waals surface area contributed by atoms with E-state index in [0.29, 0.717) is 0 Å². The third-order valence-corrected chi connectivity index (χ3v) is 2.35. The van der Waals surface area contributed by atoms with E-state index in [1.807, 2.05) is 12.4 Å². The molecular weight excluding hydrogens is 204 g/mol. The summed E-state index contributed by atoms with van der Waals surface area (Å²) in [6.45, 7) is 2.05. The topological polar surface area (TPSA) is 28.7 Å². The van der Waals surface area contributed by atoms with Crippen LogP contribution in [0.5, 0.6) is 0 Å². The Bertz CT molecular complexity index is 356. The summed E-state index contributed by atoms with van der Waals surface area (Å²) in [7, 11) is 0. The maximum atomic E-state index is 4.16. The van der Waals surface area contributed by atoms with Gasteiger partial charge in [-0.25, -0.2) is 4.98 Å². The molecule has 2 heterocycles. The van der Waals surface area contributed by atoms with E-state index in [-0.39, 0.29) is 0 Å². The molecule has 0 amide bonds. The van der Waals surface area contributed by atoms with E-state index >= 15 is 0 Å². The Balaban J connectivity index is 2.96. The van der Waals surface area contributed by atoms with Crippen molar-refractivity contribution in [2.24, 2.45) is 0 Å². The smallest absolute Gasteiger partial charge is 0.130 e. The Labute approximate surface area is 72.8 Å². The van der Waals surface area contributed by atoms with Crippen LogP contribution in [0.25, 0.3) is 10.9 Å². The van der Waals surface area contributed by atoms with Gasteiger partial charge in [0.15, 0.2) is 0 Å². The van der Waals surface area contributed by atoms with E-state index < -0.39 is 0 Å². The zero-order valence-electron chi connectivity index (χ0n) is 6.06. The minimum atomic E-state index is 0.878. The van der Waals surface area contributed by atoms with Crippen LogP contribution in [-0.4, -0.2) is 9.97 Å². The van der Waals surface area contributed by atoms with E-state index in [2.05, 4.69) is 38.9 Å². The number of halogens is 1. The third-order valence-electron chi connectivity index (χ3n) is 1.75. The lowest BCUT2D eigenvalue weighted by Gasteiger charge is -1.95. The van der Waals surface area contributed by atoms with Crippen LogP contribution in [0.3, 0.4) is 0 Å². The lowest BCUT2D eigenvalue weighted by Crippen LogP contribution is -1.80. The van der Waals surface area contributed by atoms with Gasteiger partial charge in [-0.2, -0.15) is 0 Å². The van der Waals surface area contributed by atoms with Crippen molar-refractivity contribution in [3.63, 3.8) is 0 Å². The minimum absolute atomic E-state index is 0.878. The normalized spacial score (nSPS) is 10.7. The molecule has 0 saturated heterocycles. The Morgan fingerprint density at radius 3 is 3.09 bits per heavy atom. The Morgan fingerprint density at radius 1 is 1.55 bits per heavy atom. The van der Waals surface area contributed by atoms with Crippen LogP contribution in [0.1, 0.15) is 5.56 Å². The molecule has 11 heavy (non-hydrogen) atoms. The summed E-state index contributed by atoms with van der Waals surface area (Å²) < 4.78 is 0.878. The second-order valence-electron chi connectivity index (χ2n) is 2.50. The fourth-order valence-electron chi connectivity index (χ4n) is 1.16. The molecule has 0 spiro atoms. The van der Waals surface area contributed by atoms with Gasteiger partial charge in [0.1, 0.15) is 4.60 Å². The number of pyridine rings is 1. The molecule has 0 atom stereocenters. The fraction of sp³-hybridized carbons (Fsp3) is 0.125. The van der Waals surface area contributed by atoms with Gasteiger partial charge in [-0.15, -0.1) is 0 Å². The van der Waals surface area contributed by atoms with E-state index in [1.54, 1.807) is 0 Å². The highest BCUT2D eigenvalue weighted by atomic mass is 79.9. The molecule has 0 aromatic carbocycles.